The zero-order valence-corrected chi connectivity index (χ0v) is 12.3. The van der Waals surface area contributed by atoms with Gasteiger partial charge in [0.1, 0.15) is 5.65 Å². The van der Waals surface area contributed by atoms with Crippen molar-refractivity contribution in [2.45, 2.75) is 26.4 Å². The molecule has 0 amide bonds. The van der Waals surface area contributed by atoms with Gasteiger partial charge in [-0.25, -0.2) is 4.98 Å². The van der Waals surface area contributed by atoms with Crippen molar-refractivity contribution in [3.8, 4) is 0 Å². The highest BCUT2D eigenvalue weighted by Gasteiger charge is 2.21. The summed E-state index contributed by atoms with van der Waals surface area (Å²) in [6.45, 7) is 5.22. The lowest BCUT2D eigenvalue weighted by atomic mass is 10.1. The van der Waals surface area contributed by atoms with Crippen LogP contribution < -0.4 is 0 Å². The maximum absolute atomic E-state index is 4.77. The number of pyridine rings is 1. The van der Waals surface area contributed by atoms with E-state index in [1.54, 1.807) is 0 Å². The number of aromatic nitrogens is 2. The van der Waals surface area contributed by atoms with Gasteiger partial charge in [0.2, 0.25) is 0 Å². The highest BCUT2D eigenvalue weighted by molar-refractivity contribution is 5.45. The van der Waals surface area contributed by atoms with Crippen LogP contribution in [0.4, 0.5) is 0 Å². The molecule has 0 unspecified atom stereocenters. The van der Waals surface area contributed by atoms with E-state index in [-0.39, 0.29) is 0 Å². The second-order valence-electron chi connectivity index (χ2n) is 5.89. The van der Waals surface area contributed by atoms with Crippen molar-refractivity contribution < 1.29 is 0 Å². The second-order valence-corrected chi connectivity index (χ2v) is 5.89. The fraction of sp³-hybridized carbons (Fsp3) is 0.278. The molecule has 0 spiro atoms. The molecule has 3 aromatic rings. The predicted molar refractivity (Wildman–Crippen MR) is 84.2 cm³/mol. The van der Waals surface area contributed by atoms with Gasteiger partial charge in [0.25, 0.3) is 0 Å². The minimum absolute atomic E-state index is 0.981. The average Bonchev–Trinajstić information content (AvgIpc) is 2.86. The Bertz CT molecular complexity index is 774. The normalized spacial score (nSPS) is 15.3. The Kier molecular flexibility index (Phi) is 3.00. The Morgan fingerprint density at radius 2 is 1.95 bits per heavy atom. The van der Waals surface area contributed by atoms with Crippen LogP contribution in [0.25, 0.3) is 5.65 Å². The van der Waals surface area contributed by atoms with Crippen LogP contribution in [0.15, 0.2) is 48.7 Å². The third-order valence-corrected chi connectivity index (χ3v) is 4.24. The number of imidazole rings is 1. The minimum Gasteiger partial charge on any atom is -0.302 e. The molecule has 0 radical (unpaired) electrons. The largest absolute Gasteiger partial charge is 0.302 e. The molecule has 0 saturated carbocycles. The van der Waals surface area contributed by atoms with Crippen LogP contribution in [-0.4, -0.2) is 20.8 Å². The number of rotatable bonds is 2. The SMILES string of the molecule is Cc1ccc2nc3c(n2c1)CN(Cc1ccccc1)CC3. The van der Waals surface area contributed by atoms with Crippen LogP contribution >= 0.6 is 0 Å². The third kappa shape index (κ3) is 2.34. The fourth-order valence-electron chi connectivity index (χ4n) is 3.15. The van der Waals surface area contributed by atoms with Crippen LogP contribution in [0.3, 0.4) is 0 Å². The van der Waals surface area contributed by atoms with Crippen molar-refractivity contribution in [3.05, 3.63) is 71.2 Å². The van der Waals surface area contributed by atoms with Crippen molar-refractivity contribution >= 4 is 5.65 Å². The summed E-state index contributed by atoms with van der Waals surface area (Å²) in [7, 11) is 0. The molecule has 1 aromatic carbocycles. The summed E-state index contributed by atoms with van der Waals surface area (Å²) in [6.07, 6.45) is 3.25. The van der Waals surface area contributed by atoms with Crippen LogP contribution in [0.5, 0.6) is 0 Å². The van der Waals surface area contributed by atoms with Crippen molar-refractivity contribution in [1.29, 1.82) is 0 Å². The predicted octanol–water partition coefficient (Wildman–Crippen LogP) is 3.20. The number of aryl methyl sites for hydroxylation is 1. The summed E-state index contributed by atoms with van der Waals surface area (Å²) in [6, 6.07) is 15.0. The van der Waals surface area contributed by atoms with E-state index >= 15 is 0 Å². The summed E-state index contributed by atoms with van der Waals surface area (Å²) in [5.74, 6) is 0. The van der Waals surface area contributed by atoms with Crippen LogP contribution in [-0.2, 0) is 19.5 Å². The van der Waals surface area contributed by atoms with Crippen molar-refractivity contribution in [1.82, 2.24) is 14.3 Å². The highest BCUT2D eigenvalue weighted by atomic mass is 15.2. The van der Waals surface area contributed by atoms with E-state index in [4.69, 9.17) is 4.98 Å². The molecule has 1 aliphatic heterocycles. The van der Waals surface area contributed by atoms with Crippen LogP contribution in [0.1, 0.15) is 22.5 Å². The van der Waals surface area contributed by atoms with Gasteiger partial charge < -0.3 is 4.40 Å². The highest BCUT2D eigenvalue weighted by Crippen LogP contribution is 2.22. The standard InChI is InChI=1S/C18H19N3/c1-14-7-8-18-19-16-9-10-20(13-17(16)21(18)11-14)12-15-5-3-2-4-6-15/h2-8,11H,9-10,12-13H2,1H3. The average molecular weight is 277 g/mol. The lowest BCUT2D eigenvalue weighted by Crippen LogP contribution is -2.30. The summed E-state index contributed by atoms with van der Waals surface area (Å²) >= 11 is 0. The minimum atomic E-state index is 0.981. The van der Waals surface area contributed by atoms with Crippen molar-refractivity contribution in [2.24, 2.45) is 0 Å². The zero-order valence-electron chi connectivity index (χ0n) is 12.3. The maximum atomic E-state index is 4.77. The van der Waals surface area contributed by atoms with Crippen LogP contribution in [0, 0.1) is 6.92 Å². The quantitative estimate of drug-likeness (QED) is 0.717. The Labute approximate surface area is 124 Å². The smallest absolute Gasteiger partial charge is 0.137 e. The molecular formula is C18H19N3. The van der Waals surface area contributed by atoms with E-state index in [2.05, 4.69) is 64.9 Å². The van der Waals surface area contributed by atoms with E-state index in [0.29, 0.717) is 0 Å². The zero-order chi connectivity index (χ0) is 14.2. The maximum Gasteiger partial charge on any atom is 0.137 e. The van der Waals surface area contributed by atoms with Gasteiger partial charge in [0.05, 0.1) is 11.4 Å². The molecule has 21 heavy (non-hydrogen) atoms. The molecular weight excluding hydrogens is 258 g/mol. The van der Waals surface area contributed by atoms with Gasteiger partial charge in [-0.05, 0) is 24.1 Å². The Hall–Kier alpha value is -2.13. The number of hydrogen-bond acceptors (Lipinski definition) is 2. The van der Waals surface area contributed by atoms with Gasteiger partial charge >= 0.3 is 0 Å². The van der Waals surface area contributed by atoms with Crippen LogP contribution in [0.2, 0.25) is 0 Å². The molecule has 3 nitrogen and oxygen atoms in total. The third-order valence-electron chi connectivity index (χ3n) is 4.24. The first-order valence-corrected chi connectivity index (χ1v) is 7.52. The Morgan fingerprint density at radius 3 is 2.81 bits per heavy atom. The first-order chi connectivity index (χ1) is 10.3. The molecule has 2 aromatic heterocycles. The number of benzene rings is 1. The molecule has 1 aliphatic rings. The second kappa shape index (κ2) is 5.01. The molecule has 106 valence electrons. The lowest BCUT2D eigenvalue weighted by Gasteiger charge is -2.26. The van der Waals surface area contributed by atoms with Gasteiger partial charge in [-0.2, -0.15) is 0 Å². The molecule has 0 fully saturated rings. The molecule has 3 heteroatoms. The van der Waals surface area contributed by atoms with E-state index < -0.39 is 0 Å². The summed E-state index contributed by atoms with van der Waals surface area (Å²) in [5, 5.41) is 0. The van der Waals surface area contributed by atoms with E-state index in [1.807, 2.05) is 0 Å². The van der Waals surface area contributed by atoms with E-state index in [9.17, 15) is 0 Å². The molecule has 0 atom stereocenters. The van der Waals surface area contributed by atoms with Gasteiger partial charge in [0, 0.05) is 32.3 Å². The molecule has 0 saturated heterocycles. The first-order valence-electron chi connectivity index (χ1n) is 7.52. The van der Waals surface area contributed by atoms with E-state index in [0.717, 1.165) is 31.7 Å². The van der Waals surface area contributed by atoms with Gasteiger partial charge in [0.15, 0.2) is 0 Å². The number of hydrogen-bond donors (Lipinski definition) is 0. The Balaban J connectivity index is 1.64. The topological polar surface area (TPSA) is 20.5 Å². The van der Waals surface area contributed by atoms with Crippen molar-refractivity contribution in [3.63, 3.8) is 0 Å². The summed E-state index contributed by atoms with van der Waals surface area (Å²) in [5.41, 5.74) is 6.36. The molecule has 0 aliphatic carbocycles. The van der Waals surface area contributed by atoms with Gasteiger partial charge in [-0.3, -0.25) is 4.90 Å². The first kappa shape index (κ1) is 12.6. The molecule has 0 N–H and O–H groups in total. The number of fused-ring (bicyclic) bond motifs is 3. The Morgan fingerprint density at radius 1 is 1.10 bits per heavy atom. The van der Waals surface area contributed by atoms with E-state index in [1.165, 1.54) is 22.5 Å². The van der Waals surface area contributed by atoms with Crippen molar-refractivity contribution in [2.75, 3.05) is 6.54 Å². The lowest BCUT2D eigenvalue weighted by molar-refractivity contribution is 0.240. The molecule has 3 heterocycles. The molecule has 4 rings (SSSR count). The summed E-state index contributed by atoms with van der Waals surface area (Å²) < 4.78 is 2.27. The monoisotopic (exact) mass is 277 g/mol. The number of nitrogens with zero attached hydrogens (tertiary/aromatic N) is 3. The van der Waals surface area contributed by atoms with Gasteiger partial charge in [-0.1, -0.05) is 36.4 Å². The van der Waals surface area contributed by atoms with Gasteiger partial charge in [-0.15, -0.1) is 0 Å². The summed E-state index contributed by atoms with van der Waals surface area (Å²) in [4.78, 5) is 7.28. The fourth-order valence-corrected chi connectivity index (χ4v) is 3.15. The molecule has 0 bridgehead atoms.